The monoisotopic (exact) mass is 294 g/mol. The molecule has 2 unspecified atom stereocenters. The number of carbonyl (C=O) groups excluding carboxylic acids is 1. The zero-order valence-corrected chi connectivity index (χ0v) is 12.3. The maximum Gasteiger partial charge on any atom is 0.315 e. The SMILES string of the molecule is COC(C)CNC(=O)NC(CCC(=O)O)c1ccccc1. The molecular formula is C15H22N2O4. The van der Waals surface area contributed by atoms with Crippen molar-refractivity contribution >= 4 is 12.0 Å². The van der Waals surface area contributed by atoms with Gasteiger partial charge in [-0.2, -0.15) is 0 Å². The average molecular weight is 294 g/mol. The fourth-order valence-electron chi connectivity index (χ4n) is 1.80. The smallest absolute Gasteiger partial charge is 0.315 e. The van der Waals surface area contributed by atoms with E-state index in [1.165, 1.54) is 0 Å². The molecule has 0 aliphatic heterocycles. The molecule has 0 bridgehead atoms. The van der Waals surface area contributed by atoms with Gasteiger partial charge in [-0.1, -0.05) is 30.3 Å². The van der Waals surface area contributed by atoms with Gasteiger partial charge in [0.1, 0.15) is 0 Å². The van der Waals surface area contributed by atoms with E-state index in [0.29, 0.717) is 13.0 Å². The molecule has 2 amide bonds. The molecule has 3 N–H and O–H groups in total. The number of hydrogen-bond donors (Lipinski definition) is 3. The number of hydrogen-bond acceptors (Lipinski definition) is 3. The third-order valence-corrected chi connectivity index (χ3v) is 3.11. The number of urea groups is 1. The van der Waals surface area contributed by atoms with E-state index in [-0.39, 0.29) is 24.6 Å². The minimum absolute atomic E-state index is 0.00564. The van der Waals surface area contributed by atoms with Gasteiger partial charge < -0.3 is 20.5 Å². The van der Waals surface area contributed by atoms with Gasteiger partial charge in [-0.15, -0.1) is 0 Å². The van der Waals surface area contributed by atoms with Gasteiger partial charge in [0.05, 0.1) is 12.1 Å². The summed E-state index contributed by atoms with van der Waals surface area (Å²) in [5, 5.41) is 14.3. The molecule has 21 heavy (non-hydrogen) atoms. The molecule has 1 rings (SSSR count). The first-order chi connectivity index (χ1) is 10.0. The Balaban J connectivity index is 2.60. The molecule has 1 aromatic carbocycles. The summed E-state index contributed by atoms with van der Waals surface area (Å²) in [6, 6.07) is 8.65. The van der Waals surface area contributed by atoms with Gasteiger partial charge in [0.2, 0.25) is 0 Å². The lowest BCUT2D eigenvalue weighted by Crippen LogP contribution is -2.41. The highest BCUT2D eigenvalue weighted by Crippen LogP contribution is 2.18. The van der Waals surface area contributed by atoms with Gasteiger partial charge in [0, 0.05) is 20.1 Å². The fraction of sp³-hybridized carbons (Fsp3) is 0.467. The van der Waals surface area contributed by atoms with Gasteiger partial charge in [-0.3, -0.25) is 4.79 Å². The Kier molecular flexibility index (Phi) is 7.25. The fourth-order valence-corrected chi connectivity index (χ4v) is 1.80. The number of amides is 2. The first-order valence-electron chi connectivity index (χ1n) is 6.86. The Bertz CT molecular complexity index is 450. The molecule has 0 aromatic heterocycles. The van der Waals surface area contributed by atoms with Gasteiger partial charge in [0.25, 0.3) is 0 Å². The maximum absolute atomic E-state index is 11.9. The molecule has 0 aliphatic carbocycles. The standard InChI is InChI=1S/C15H22N2O4/c1-11(21-2)10-16-15(20)17-13(8-9-14(18)19)12-6-4-3-5-7-12/h3-7,11,13H,8-10H2,1-2H3,(H,18,19)(H2,16,17,20). The molecule has 0 fully saturated rings. The minimum atomic E-state index is -0.883. The Hall–Kier alpha value is -2.08. The third-order valence-electron chi connectivity index (χ3n) is 3.11. The highest BCUT2D eigenvalue weighted by Gasteiger charge is 2.16. The van der Waals surface area contributed by atoms with Crippen LogP contribution in [0.5, 0.6) is 0 Å². The summed E-state index contributed by atoms with van der Waals surface area (Å²) in [4.78, 5) is 22.6. The highest BCUT2D eigenvalue weighted by molar-refractivity contribution is 5.74. The number of carbonyl (C=O) groups is 2. The number of methoxy groups -OCH3 is 1. The molecule has 0 heterocycles. The Morgan fingerprint density at radius 3 is 2.52 bits per heavy atom. The van der Waals surface area contributed by atoms with Gasteiger partial charge in [-0.25, -0.2) is 4.79 Å². The molecular weight excluding hydrogens is 272 g/mol. The van der Waals surface area contributed by atoms with E-state index in [9.17, 15) is 9.59 Å². The Morgan fingerprint density at radius 1 is 1.29 bits per heavy atom. The van der Waals surface area contributed by atoms with Crippen molar-refractivity contribution in [2.24, 2.45) is 0 Å². The van der Waals surface area contributed by atoms with Crippen LogP contribution < -0.4 is 10.6 Å². The van der Waals surface area contributed by atoms with Crippen molar-refractivity contribution in [1.82, 2.24) is 10.6 Å². The lowest BCUT2D eigenvalue weighted by molar-refractivity contribution is -0.137. The molecule has 0 spiro atoms. The van der Waals surface area contributed by atoms with Gasteiger partial charge >= 0.3 is 12.0 Å². The second-order valence-corrected chi connectivity index (χ2v) is 4.80. The van der Waals surface area contributed by atoms with E-state index in [2.05, 4.69) is 10.6 Å². The van der Waals surface area contributed by atoms with Crippen LogP contribution in [0.2, 0.25) is 0 Å². The summed E-state index contributed by atoms with van der Waals surface area (Å²) in [7, 11) is 1.57. The van der Waals surface area contributed by atoms with Crippen LogP contribution in [-0.4, -0.2) is 36.9 Å². The van der Waals surface area contributed by atoms with E-state index in [4.69, 9.17) is 9.84 Å². The normalized spacial score (nSPS) is 13.2. The average Bonchev–Trinajstić information content (AvgIpc) is 2.49. The number of rotatable bonds is 8. The van der Waals surface area contributed by atoms with Crippen molar-refractivity contribution < 1.29 is 19.4 Å². The van der Waals surface area contributed by atoms with Crippen LogP contribution in [0.1, 0.15) is 31.4 Å². The number of benzene rings is 1. The number of nitrogens with one attached hydrogen (secondary N) is 2. The molecule has 6 heteroatoms. The quantitative estimate of drug-likeness (QED) is 0.683. The second-order valence-electron chi connectivity index (χ2n) is 4.80. The Labute approximate surface area is 124 Å². The van der Waals surface area contributed by atoms with Crippen LogP contribution in [0.25, 0.3) is 0 Å². The first kappa shape index (κ1) is 17.0. The van der Waals surface area contributed by atoms with Crippen LogP contribution in [0.4, 0.5) is 4.79 Å². The molecule has 0 radical (unpaired) electrons. The predicted octanol–water partition coefficient (Wildman–Crippen LogP) is 1.93. The lowest BCUT2D eigenvalue weighted by Gasteiger charge is -2.19. The largest absolute Gasteiger partial charge is 0.481 e. The molecule has 0 aliphatic rings. The summed E-state index contributed by atoms with van der Waals surface area (Å²) in [6.07, 6.45) is 0.255. The molecule has 0 saturated heterocycles. The van der Waals surface area contributed by atoms with Crippen molar-refractivity contribution in [3.05, 3.63) is 35.9 Å². The topological polar surface area (TPSA) is 87.7 Å². The summed E-state index contributed by atoms with van der Waals surface area (Å²) in [5.74, 6) is -0.883. The first-order valence-corrected chi connectivity index (χ1v) is 6.86. The predicted molar refractivity (Wildman–Crippen MR) is 79.1 cm³/mol. The van der Waals surface area contributed by atoms with Crippen molar-refractivity contribution in [1.29, 1.82) is 0 Å². The number of ether oxygens (including phenoxy) is 1. The maximum atomic E-state index is 11.9. The molecule has 116 valence electrons. The van der Waals surface area contributed by atoms with Crippen molar-refractivity contribution in [2.75, 3.05) is 13.7 Å². The van der Waals surface area contributed by atoms with Crippen molar-refractivity contribution in [2.45, 2.75) is 31.9 Å². The molecule has 6 nitrogen and oxygen atoms in total. The van der Waals surface area contributed by atoms with Crippen LogP contribution >= 0.6 is 0 Å². The van der Waals surface area contributed by atoms with E-state index in [1.54, 1.807) is 7.11 Å². The van der Waals surface area contributed by atoms with E-state index >= 15 is 0 Å². The minimum Gasteiger partial charge on any atom is -0.481 e. The van der Waals surface area contributed by atoms with Crippen LogP contribution in [0, 0.1) is 0 Å². The van der Waals surface area contributed by atoms with Gasteiger partial charge in [0.15, 0.2) is 0 Å². The van der Waals surface area contributed by atoms with Crippen molar-refractivity contribution in [3.8, 4) is 0 Å². The second kappa shape index (κ2) is 8.97. The summed E-state index contributed by atoms with van der Waals surface area (Å²) < 4.78 is 5.05. The van der Waals surface area contributed by atoms with Gasteiger partial charge in [-0.05, 0) is 18.9 Å². The van der Waals surface area contributed by atoms with Crippen LogP contribution in [-0.2, 0) is 9.53 Å². The van der Waals surface area contributed by atoms with Crippen molar-refractivity contribution in [3.63, 3.8) is 0 Å². The number of carboxylic acids is 1. The third kappa shape index (κ3) is 6.76. The number of aliphatic carboxylic acids is 1. The zero-order chi connectivity index (χ0) is 15.7. The molecule has 0 saturated carbocycles. The lowest BCUT2D eigenvalue weighted by atomic mass is 10.0. The molecule has 2 atom stereocenters. The van der Waals surface area contributed by atoms with E-state index in [0.717, 1.165) is 5.56 Å². The summed E-state index contributed by atoms with van der Waals surface area (Å²) >= 11 is 0. The van der Waals surface area contributed by atoms with E-state index < -0.39 is 5.97 Å². The summed E-state index contributed by atoms with van der Waals surface area (Å²) in [6.45, 7) is 2.24. The zero-order valence-electron chi connectivity index (χ0n) is 12.3. The Morgan fingerprint density at radius 2 is 1.95 bits per heavy atom. The van der Waals surface area contributed by atoms with Crippen LogP contribution in [0.15, 0.2) is 30.3 Å². The molecule has 1 aromatic rings. The summed E-state index contributed by atoms with van der Waals surface area (Å²) in [5.41, 5.74) is 0.883. The van der Waals surface area contributed by atoms with E-state index in [1.807, 2.05) is 37.3 Å². The highest BCUT2D eigenvalue weighted by atomic mass is 16.5. The number of carboxylic acid groups (broad SMARTS) is 1. The van der Waals surface area contributed by atoms with Crippen LogP contribution in [0.3, 0.4) is 0 Å².